The molecule has 0 fully saturated rings. The minimum absolute atomic E-state index is 0.359. The molecule has 4 nitrogen and oxygen atoms in total. The fourth-order valence-corrected chi connectivity index (χ4v) is 0.881. The van der Waals surface area contributed by atoms with Crippen molar-refractivity contribution in [3.63, 3.8) is 0 Å². The topological polar surface area (TPSA) is 72.2 Å². The minimum atomic E-state index is -0.575. The Hall–Kier alpha value is -0.900. The first kappa shape index (κ1) is 11.1. The largest absolute Gasteiger partial charge is 0.320 e. The van der Waals surface area contributed by atoms with Gasteiger partial charge in [-0.2, -0.15) is 0 Å². The van der Waals surface area contributed by atoms with Crippen LogP contribution in [-0.4, -0.2) is 17.9 Å². The summed E-state index contributed by atoms with van der Waals surface area (Å²) in [7, 11) is 0. The summed E-state index contributed by atoms with van der Waals surface area (Å²) in [5.41, 5.74) is 5.50. The summed E-state index contributed by atoms with van der Waals surface area (Å²) >= 11 is 0. The van der Waals surface area contributed by atoms with Crippen LogP contribution in [0.25, 0.3) is 0 Å². The molecule has 12 heavy (non-hydrogen) atoms. The minimum Gasteiger partial charge on any atom is -0.320 e. The highest BCUT2D eigenvalue weighted by Gasteiger charge is 2.15. The molecule has 0 saturated heterocycles. The molecule has 0 rings (SSSR count). The van der Waals surface area contributed by atoms with Gasteiger partial charge in [-0.05, 0) is 12.3 Å². The molecule has 4 heteroatoms. The Morgan fingerprint density at radius 1 is 1.42 bits per heavy atom. The number of carbonyl (C=O) groups is 2. The maximum Gasteiger partial charge on any atom is 0.243 e. The number of nitrogens with two attached hydrogens (primary N) is 1. The molecular weight excluding hydrogens is 156 g/mol. The molecule has 0 spiro atoms. The van der Waals surface area contributed by atoms with Crippen molar-refractivity contribution in [1.82, 2.24) is 5.32 Å². The molecule has 0 bridgehead atoms. The lowest BCUT2D eigenvalue weighted by molar-refractivity contribution is -0.130. The van der Waals surface area contributed by atoms with Crippen LogP contribution in [0, 0.1) is 5.92 Å². The van der Waals surface area contributed by atoms with Crippen LogP contribution in [-0.2, 0) is 9.59 Å². The van der Waals surface area contributed by atoms with Crippen molar-refractivity contribution in [2.24, 2.45) is 11.7 Å². The Labute approximate surface area is 72.5 Å². The van der Waals surface area contributed by atoms with Crippen molar-refractivity contribution in [1.29, 1.82) is 0 Å². The van der Waals surface area contributed by atoms with E-state index in [1.54, 1.807) is 0 Å². The van der Waals surface area contributed by atoms with Crippen molar-refractivity contribution in [3.8, 4) is 0 Å². The molecule has 3 N–H and O–H groups in total. The molecule has 0 radical (unpaired) electrons. The summed E-state index contributed by atoms with van der Waals surface area (Å²) < 4.78 is 0. The number of imide groups is 1. The number of nitrogens with one attached hydrogen (secondary N) is 1. The van der Waals surface area contributed by atoms with Gasteiger partial charge in [-0.15, -0.1) is 0 Å². The summed E-state index contributed by atoms with van der Waals surface area (Å²) in [5.74, 6) is -0.395. The van der Waals surface area contributed by atoms with Gasteiger partial charge in [0.1, 0.15) is 0 Å². The van der Waals surface area contributed by atoms with Crippen LogP contribution < -0.4 is 11.1 Å². The fraction of sp³-hybridized carbons (Fsp3) is 0.750. The lowest BCUT2D eigenvalue weighted by atomic mass is 10.0. The zero-order valence-corrected chi connectivity index (χ0v) is 7.76. The van der Waals surface area contributed by atoms with Gasteiger partial charge >= 0.3 is 0 Å². The van der Waals surface area contributed by atoms with Crippen molar-refractivity contribution in [3.05, 3.63) is 0 Å². The number of amides is 2. The first-order chi connectivity index (χ1) is 5.43. The molecule has 0 saturated carbocycles. The van der Waals surface area contributed by atoms with Crippen LogP contribution in [0.1, 0.15) is 27.2 Å². The number of hydrogen-bond donors (Lipinski definition) is 2. The van der Waals surface area contributed by atoms with Crippen molar-refractivity contribution in [2.45, 2.75) is 33.2 Å². The van der Waals surface area contributed by atoms with Gasteiger partial charge in [0.2, 0.25) is 11.8 Å². The molecule has 0 aromatic heterocycles. The van der Waals surface area contributed by atoms with Gasteiger partial charge in [0, 0.05) is 6.92 Å². The molecule has 0 aliphatic heterocycles. The highest BCUT2D eigenvalue weighted by Crippen LogP contribution is 2.01. The average Bonchev–Trinajstić information content (AvgIpc) is 1.84. The maximum absolute atomic E-state index is 11.0. The Morgan fingerprint density at radius 2 is 1.92 bits per heavy atom. The predicted molar refractivity (Wildman–Crippen MR) is 46.3 cm³/mol. The lowest BCUT2D eigenvalue weighted by Crippen LogP contribution is -2.43. The van der Waals surface area contributed by atoms with Gasteiger partial charge in [-0.1, -0.05) is 13.8 Å². The second-order valence-corrected chi connectivity index (χ2v) is 3.28. The third-order valence-corrected chi connectivity index (χ3v) is 1.36. The Balaban J connectivity index is 3.85. The highest BCUT2D eigenvalue weighted by molar-refractivity contribution is 5.96. The summed E-state index contributed by atoms with van der Waals surface area (Å²) in [6, 6.07) is -0.575. The Kier molecular flexibility index (Phi) is 4.51. The third-order valence-electron chi connectivity index (χ3n) is 1.36. The van der Waals surface area contributed by atoms with Crippen LogP contribution in [0.3, 0.4) is 0 Å². The van der Waals surface area contributed by atoms with E-state index >= 15 is 0 Å². The van der Waals surface area contributed by atoms with Crippen molar-refractivity contribution < 1.29 is 9.59 Å². The van der Waals surface area contributed by atoms with E-state index in [2.05, 4.69) is 5.32 Å². The van der Waals surface area contributed by atoms with E-state index in [1.807, 2.05) is 13.8 Å². The van der Waals surface area contributed by atoms with Crippen LogP contribution in [0.15, 0.2) is 0 Å². The summed E-state index contributed by atoms with van der Waals surface area (Å²) in [6.07, 6.45) is 0.596. The third kappa shape index (κ3) is 4.85. The van der Waals surface area contributed by atoms with E-state index in [1.165, 1.54) is 6.92 Å². The lowest BCUT2D eigenvalue weighted by Gasteiger charge is -2.12. The Morgan fingerprint density at radius 3 is 2.25 bits per heavy atom. The van der Waals surface area contributed by atoms with Crippen molar-refractivity contribution in [2.75, 3.05) is 0 Å². The van der Waals surface area contributed by atoms with Crippen LogP contribution >= 0.6 is 0 Å². The van der Waals surface area contributed by atoms with Gasteiger partial charge in [-0.25, -0.2) is 0 Å². The maximum atomic E-state index is 11.0. The zero-order chi connectivity index (χ0) is 9.72. The fourth-order valence-electron chi connectivity index (χ4n) is 0.881. The second kappa shape index (κ2) is 4.87. The molecule has 1 unspecified atom stereocenters. The average molecular weight is 172 g/mol. The summed E-state index contributed by atoms with van der Waals surface area (Å²) in [4.78, 5) is 21.5. The van der Waals surface area contributed by atoms with E-state index in [-0.39, 0.29) is 5.91 Å². The molecule has 0 heterocycles. The van der Waals surface area contributed by atoms with E-state index in [4.69, 9.17) is 5.73 Å². The monoisotopic (exact) mass is 172 g/mol. The van der Waals surface area contributed by atoms with E-state index in [0.29, 0.717) is 12.3 Å². The van der Waals surface area contributed by atoms with Crippen LogP contribution in [0.2, 0.25) is 0 Å². The van der Waals surface area contributed by atoms with Gasteiger partial charge in [0.25, 0.3) is 0 Å². The normalized spacial score (nSPS) is 12.8. The molecule has 0 aliphatic carbocycles. The molecule has 0 aromatic rings. The molecular formula is C8H16N2O2. The van der Waals surface area contributed by atoms with E-state index < -0.39 is 11.9 Å². The number of rotatable bonds is 3. The predicted octanol–water partition coefficient (Wildman–Crippen LogP) is 0.0225. The van der Waals surface area contributed by atoms with Crippen LogP contribution in [0.5, 0.6) is 0 Å². The smallest absolute Gasteiger partial charge is 0.243 e. The molecule has 0 aliphatic rings. The number of carbonyl (C=O) groups excluding carboxylic acids is 2. The quantitative estimate of drug-likeness (QED) is 0.630. The Bertz CT molecular complexity index is 178. The molecule has 1 atom stereocenters. The van der Waals surface area contributed by atoms with Gasteiger partial charge < -0.3 is 5.73 Å². The van der Waals surface area contributed by atoms with E-state index in [0.717, 1.165) is 0 Å². The summed E-state index contributed by atoms with van der Waals surface area (Å²) in [5, 5.41) is 2.15. The van der Waals surface area contributed by atoms with Gasteiger partial charge in [0.05, 0.1) is 6.04 Å². The van der Waals surface area contributed by atoms with Crippen molar-refractivity contribution >= 4 is 11.8 Å². The zero-order valence-electron chi connectivity index (χ0n) is 7.76. The van der Waals surface area contributed by atoms with Gasteiger partial charge in [-0.3, -0.25) is 14.9 Å². The molecule has 0 aromatic carbocycles. The van der Waals surface area contributed by atoms with Crippen LogP contribution in [0.4, 0.5) is 0 Å². The number of hydrogen-bond acceptors (Lipinski definition) is 3. The first-order valence-electron chi connectivity index (χ1n) is 4.00. The molecule has 70 valence electrons. The highest BCUT2D eigenvalue weighted by atomic mass is 16.2. The second-order valence-electron chi connectivity index (χ2n) is 3.28. The van der Waals surface area contributed by atoms with E-state index in [9.17, 15) is 9.59 Å². The standard InChI is InChI=1S/C8H16N2O2/c1-5(2)4-7(9)8(12)10-6(3)11/h5,7H,4,9H2,1-3H3,(H,10,11,12). The van der Waals surface area contributed by atoms with Gasteiger partial charge in [0.15, 0.2) is 0 Å². The molecule has 2 amide bonds. The first-order valence-corrected chi connectivity index (χ1v) is 4.00. The summed E-state index contributed by atoms with van der Waals surface area (Å²) in [6.45, 7) is 5.24. The SMILES string of the molecule is CC(=O)NC(=O)C(N)CC(C)C.